The highest BCUT2D eigenvalue weighted by atomic mass is 31.1. The van der Waals surface area contributed by atoms with Gasteiger partial charge in [0, 0.05) is 16.3 Å². The number of Topliss-reactive ketones (excluding diaryl/α,β-unsaturated/α-hetero) is 1. The number of carbonyl (C=O) groups excluding carboxylic acids is 1. The average molecular weight is 419 g/mol. The molecule has 0 aliphatic rings. The Morgan fingerprint density at radius 1 is 0.967 bits per heavy atom. The SMILES string of the molecule is CCC(C)(Pc1ccc(C)cc1C(C)=O)c1cc(C)ccc1OCc1ccccc1. The highest BCUT2D eigenvalue weighted by Crippen LogP contribution is 2.48. The lowest BCUT2D eigenvalue weighted by atomic mass is 9.95. The highest BCUT2D eigenvalue weighted by molar-refractivity contribution is 7.48. The number of ether oxygens (including phenoxy) is 1. The average Bonchev–Trinajstić information content (AvgIpc) is 2.74. The highest BCUT2D eigenvalue weighted by Gasteiger charge is 2.30. The maximum atomic E-state index is 12.3. The van der Waals surface area contributed by atoms with Crippen molar-refractivity contribution in [2.75, 3.05) is 0 Å². The summed E-state index contributed by atoms with van der Waals surface area (Å²) in [5, 5.41) is 1.02. The first-order valence-electron chi connectivity index (χ1n) is 10.5. The molecule has 0 aromatic heterocycles. The minimum Gasteiger partial charge on any atom is -0.489 e. The van der Waals surface area contributed by atoms with Crippen molar-refractivity contribution >= 4 is 19.7 Å². The Bertz CT molecular complexity index is 1030. The maximum absolute atomic E-state index is 12.3. The van der Waals surface area contributed by atoms with Gasteiger partial charge in [0.2, 0.25) is 0 Å². The van der Waals surface area contributed by atoms with Crippen molar-refractivity contribution in [3.05, 3.63) is 94.5 Å². The summed E-state index contributed by atoms with van der Waals surface area (Å²) in [6.07, 6.45) is 0.960. The van der Waals surface area contributed by atoms with Crippen LogP contribution in [0.25, 0.3) is 0 Å². The molecule has 3 aromatic carbocycles. The molecule has 0 aliphatic carbocycles. The molecule has 3 heteroatoms. The Hall–Kier alpha value is -2.44. The second-order valence-corrected chi connectivity index (χ2v) is 10.1. The Morgan fingerprint density at radius 3 is 2.30 bits per heavy atom. The zero-order valence-electron chi connectivity index (χ0n) is 18.6. The van der Waals surface area contributed by atoms with E-state index in [4.69, 9.17) is 4.74 Å². The molecule has 3 rings (SSSR count). The Morgan fingerprint density at radius 2 is 1.63 bits per heavy atom. The minimum absolute atomic E-state index is 0.114. The molecule has 156 valence electrons. The summed E-state index contributed by atoms with van der Waals surface area (Å²) in [7, 11) is 0.477. The van der Waals surface area contributed by atoms with E-state index in [0.29, 0.717) is 15.2 Å². The van der Waals surface area contributed by atoms with Gasteiger partial charge in [0.15, 0.2) is 5.78 Å². The number of rotatable bonds is 8. The molecule has 0 heterocycles. The lowest BCUT2D eigenvalue weighted by Crippen LogP contribution is -2.22. The Labute approximate surface area is 182 Å². The van der Waals surface area contributed by atoms with Gasteiger partial charge in [0.25, 0.3) is 0 Å². The standard InChI is InChI=1S/C27H31O2P/c1-6-27(5,30-26-15-13-19(2)16-23(26)21(4)28)24-17-20(3)12-14-25(24)29-18-22-10-8-7-9-11-22/h7-17,30H,6,18H2,1-5H3. The van der Waals surface area contributed by atoms with Gasteiger partial charge in [-0.1, -0.05) is 88.2 Å². The topological polar surface area (TPSA) is 26.3 Å². The van der Waals surface area contributed by atoms with E-state index >= 15 is 0 Å². The van der Waals surface area contributed by atoms with E-state index < -0.39 is 0 Å². The van der Waals surface area contributed by atoms with Gasteiger partial charge in [-0.2, -0.15) is 0 Å². The van der Waals surface area contributed by atoms with Crippen LogP contribution in [0.4, 0.5) is 0 Å². The molecule has 0 saturated carbocycles. The number of hydrogen-bond donors (Lipinski definition) is 0. The zero-order chi connectivity index (χ0) is 21.7. The quantitative estimate of drug-likeness (QED) is 0.300. The van der Waals surface area contributed by atoms with Gasteiger partial charge < -0.3 is 4.74 Å². The van der Waals surface area contributed by atoms with Crippen LogP contribution in [0.15, 0.2) is 66.7 Å². The molecule has 0 aliphatic heterocycles. The van der Waals surface area contributed by atoms with Gasteiger partial charge in [-0.05, 0) is 50.2 Å². The maximum Gasteiger partial charge on any atom is 0.160 e. The van der Waals surface area contributed by atoms with Gasteiger partial charge in [-0.25, -0.2) is 0 Å². The van der Waals surface area contributed by atoms with Crippen LogP contribution in [0.3, 0.4) is 0 Å². The van der Waals surface area contributed by atoms with Crippen molar-refractivity contribution < 1.29 is 9.53 Å². The molecular formula is C27H31O2P. The van der Waals surface area contributed by atoms with Crippen molar-refractivity contribution in [2.45, 2.75) is 52.8 Å². The molecule has 3 aromatic rings. The second kappa shape index (κ2) is 9.58. The van der Waals surface area contributed by atoms with E-state index in [1.54, 1.807) is 6.92 Å². The van der Waals surface area contributed by atoms with Crippen molar-refractivity contribution in [1.82, 2.24) is 0 Å². The van der Waals surface area contributed by atoms with Crippen molar-refractivity contribution in [2.24, 2.45) is 0 Å². The zero-order valence-corrected chi connectivity index (χ0v) is 19.6. The van der Waals surface area contributed by atoms with E-state index in [1.165, 1.54) is 11.1 Å². The molecule has 2 unspecified atom stereocenters. The molecule has 0 fully saturated rings. The van der Waals surface area contributed by atoms with Gasteiger partial charge in [-0.15, -0.1) is 0 Å². The summed E-state index contributed by atoms with van der Waals surface area (Å²) in [6, 6.07) is 22.9. The number of ketones is 1. The van der Waals surface area contributed by atoms with Gasteiger partial charge in [0.05, 0.1) is 0 Å². The first-order chi connectivity index (χ1) is 14.3. The van der Waals surface area contributed by atoms with Crippen molar-refractivity contribution in [1.29, 1.82) is 0 Å². The predicted molar refractivity (Wildman–Crippen MR) is 129 cm³/mol. The van der Waals surface area contributed by atoms with Crippen LogP contribution in [0.1, 0.15) is 59.8 Å². The Kier molecular flexibility index (Phi) is 7.10. The number of hydrogen-bond acceptors (Lipinski definition) is 2. The molecular weight excluding hydrogens is 387 g/mol. The summed E-state index contributed by atoms with van der Waals surface area (Å²) in [6.45, 7) is 10.9. The third-order valence-electron chi connectivity index (χ3n) is 5.64. The van der Waals surface area contributed by atoms with Gasteiger partial charge in [0.1, 0.15) is 12.4 Å². The summed E-state index contributed by atoms with van der Waals surface area (Å²) in [5.41, 5.74) is 5.55. The predicted octanol–water partition coefficient (Wildman–Crippen LogP) is 6.71. The largest absolute Gasteiger partial charge is 0.489 e. The van der Waals surface area contributed by atoms with Crippen molar-refractivity contribution in [3.8, 4) is 5.75 Å². The van der Waals surface area contributed by atoms with E-state index in [-0.39, 0.29) is 10.9 Å². The first kappa shape index (κ1) is 22.2. The second-order valence-electron chi connectivity index (χ2n) is 8.19. The molecule has 2 atom stereocenters. The lowest BCUT2D eigenvalue weighted by Gasteiger charge is -2.32. The smallest absolute Gasteiger partial charge is 0.160 e. The minimum atomic E-state index is -0.114. The van der Waals surface area contributed by atoms with Gasteiger partial charge in [-0.3, -0.25) is 4.79 Å². The molecule has 2 nitrogen and oxygen atoms in total. The van der Waals surface area contributed by atoms with Crippen LogP contribution in [0.5, 0.6) is 5.75 Å². The molecule has 30 heavy (non-hydrogen) atoms. The number of benzene rings is 3. The van der Waals surface area contributed by atoms with E-state index in [0.717, 1.165) is 34.2 Å². The molecule has 0 N–H and O–H groups in total. The summed E-state index contributed by atoms with van der Waals surface area (Å²) >= 11 is 0. The van der Waals surface area contributed by atoms with Crippen molar-refractivity contribution in [3.63, 3.8) is 0 Å². The van der Waals surface area contributed by atoms with Crippen LogP contribution in [-0.4, -0.2) is 5.78 Å². The Balaban J connectivity index is 1.97. The van der Waals surface area contributed by atoms with E-state index in [1.807, 2.05) is 31.2 Å². The third-order valence-corrected chi connectivity index (χ3v) is 7.52. The monoisotopic (exact) mass is 418 g/mol. The van der Waals surface area contributed by atoms with Crippen LogP contribution in [-0.2, 0) is 11.8 Å². The fraction of sp³-hybridized carbons (Fsp3) is 0.296. The molecule has 0 radical (unpaired) electrons. The molecule has 0 bridgehead atoms. The third kappa shape index (κ3) is 5.18. The summed E-state index contributed by atoms with van der Waals surface area (Å²) < 4.78 is 6.30. The number of carbonyl (C=O) groups is 1. The van der Waals surface area contributed by atoms with Crippen LogP contribution in [0.2, 0.25) is 0 Å². The van der Waals surface area contributed by atoms with E-state index in [9.17, 15) is 4.79 Å². The van der Waals surface area contributed by atoms with Gasteiger partial charge >= 0.3 is 0 Å². The van der Waals surface area contributed by atoms with Crippen LogP contribution >= 0.6 is 8.58 Å². The summed E-state index contributed by atoms with van der Waals surface area (Å²) in [4.78, 5) is 12.3. The van der Waals surface area contributed by atoms with E-state index in [2.05, 4.69) is 63.2 Å². The molecule has 0 amide bonds. The number of aryl methyl sites for hydroxylation is 2. The van der Waals surface area contributed by atoms with Crippen LogP contribution in [0, 0.1) is 13.8 Å². The normalized spacial score (nSPS) is 13.4. The first-order valence-corrected chi connectivity index (χ1v) is 11.5. The molecule has 0 saturated heterocycles. The molecule has 0 spiro atoms. The lowest BCUT2D eigenvalue weighted by molar-refractivity contribution is 0.101. The fourth-order valence-corrected chi connectivity index (χ4v) is 5.29. The summed E-state index contributed by atoms with van der Waals surface area (Å²) in [5.74, 6) is 1.06. The fourth-order valence-electron chi connectivity index (χ4n) is 3.64. The van der Waals surface area contributed by atoms with Crippen LogP contribution < -0.4 is 10.0 Å².